The van der Waals surface area contributed by atoms with Crippen molar-refractivity contribution in [3.8, 4) is 0 Å². The maximum atomic E-state index is 14.2. The van der Waals surface area contributed by atoms with E-state index in [9.17, 15) is 4.39 Å². The van der Waals surface area contributed by atoms with E-state index in [1.165, 1.54) is 6.07 Å². The maximum absolute atomic E-state index is 14.2. The lowest BCUT2D eigenvalue weighted by molar-refractivity contribution is 0.512. The molecule has 0 radical (unpaired) electrons. The minimum Gasteiger partial charge on any atom is -0.365 e. The fourth-order valence-electron chi connectivity index (χ4n) is 2.78. The number of hydrogen-bond acceptors (Lipinski definition) is 6. The Hall–Kier alpha value is -1.96. The standard InChI is InChI=1S/C16H20BrFN6/c1-23(2)16-19-6-5-14(22-16)21-12-4-3-7-24(10-12)15-13(18)8-11(17)9-20-15/h5-6,8-9,12H,3-4,7,10H2,1-2H3,(H,19,21,22). The number of hydrogen-bond donors (Lipinski definition) is 1. The molecule has 0 aliphatic carbocycles. The van der Waals surface area contributed by atoms with Gasteiger partial charge in [-0.1, -0.05) is 0 Å². The van der Waals surface area contributed by atoms with E-state index >= 15 is 0 Å². The first kappa shape index (κ1) is 16.9. The molecule has 6 nitrogen and oxygen atoms in total. The van der Waals surface area contributed by atoms with Crippen molar-refractivity contribution in [2.45, 2.75) is 18.9 Å². The largest absolute Gasteiger partial charge is 0.365 e. The number of nitrogens with one attached hydrogen (secondary N) is 1. The lowest BCUT2D eigenvalue weighted by Crippen LogP contribution is -2.43. The van der Waals surface area contributed by atoms with Crippen LogP contribution in [-0.2, 0) is 0 Å². The first-order chi connectivity index (χ1) is 11.5. The van der Waals surface area contributed by atoms with Crippen LogP contribution in [0, 0.1) is 5.82 Å². The fourth-order valence-corrected chi connectivity index (χ4v) is 3.08. The molecule has 8 heteroatoms. The highest BCUT2D eigenvalue weighted by Gasteiger charge is 2.23. The van der Waals surface area contributed by atoms with Crippen LogP contribution in [0.3, 0.4) is 0 Å². The SMILES string of the molecule is CN(C)c1nccc(NC2CCCN(c3ncc(Br)cc3F)C2)n1. The molecule has 0 bridgehead atoms. The summed E-state index contributed by atoms with van der Waals surface area (Å²) in [6.45, 7) is 1.49. The third kappa shape index (κ3) is 3.92. The molecule has 1 saturated heterocycles. The van der Waals surface area contributed by atoms with Crippen LogP contribution < -0.4 is 15.1 Å². The van der Waals surface area contributed by atoms with E-state index in [4.69, 9.17) is 0 Å². The van der Waals surface area contributed by atoms with Crippen molar-refractivity contribution in [3.63, 3.8) is 0 Å². The lowest BCUT2D eigenvalue weighted by atomic mass is 10.1. The Bertz CT molecular complexity index is 711. The number of pyridine rings is 1. The van der Waals surface area contributed by atoms with Crippen LogP contribution in [0.25, 0.3) is 0 Å². The number of halogens is 2. The Morgan fingerprint density at radius 1 is 1.38 bits per heavy atom. The monoisotopic (exact) mass is 394 g/mol. The molecule has 2 aromatic rings. The van der Waals surface area contributed by atoms with E-state index in [0.717, 1.165) is 25.2 Å². The van der Waals surface area contributed by atoms with Gasteiger partial charge in [0.05, 0.1) is 0 Å². The van der Waals surface area contributed by atoms with Gasteiger partial charge in [-0.2, -0.15) is 4.98 Å². The van der Waals surface area contributed by atoms with Gasteiger partial charge in [0.1, 0.15) is 5.82 Å². The van der Waals surface area contributed by atoms with Crippen LogP contribution in [0.2, 0.25) is 0 Å². The summed E-state index contributed by atoms with van der Waals surface area (Å²) in [6.07, 6.45) is 5.35. The van der Waals surface area contributed by atoms with E-state index in [0.29, 0.717) is 22.8 Å². The van der Waals surface area contributed by atoms with E-state index < -0.39 is 0 Å². The molecule has 1 fully saturated rings. The molecule has 2 aromatic heterocycles. The lowest BCUT2D eigenvalue weighted by Gasteiger charge is -2.34. The predicted octanol–water partition coefficient (Wildman–Crippen LogP) is 2.92. The van der Waals surface area contributed by atoms with Crippen molar-refractivity contribution in [2.75, 3.05) is 42.3 Å². The zero-order chi connectivity index (χ0) is 17.1. The quantitative estimate of drug-likeness (QED) is 0.859. The summed E-state index contributed by atoms with van der Waals surface area (Å²) in [5.41, 5.74) is 0. The summed E-state index contributed by atoms with van der Waals surface area (Å²) in [6, 6.07) is 3.49. The van der Waals surface area contributed by atoms with Crippen molar-refractivity contribution in [1.29, 1.82) is 0 Å². The topological polar surface area (TPSA) is 57.2 Å². The number of anilines is 3. The molecule has 0 aromatic carbocycles. The zero-order valence-electron chi connectivity index (χ0n) is 13.7. The fraction of sp³-hybridized carbons (Fsp3) is 0.438. The molecular formula is C16H20BrFN6. The van der Waals surface area contributed by atoms with Crippen LogP contribution in [0.5, 0.6) is 0 Å². The molecule has 1 atom stereocenters. The summed E-state index contributed by atoms with van der Waals surface area (Å²) < 4.78 is 14.8. The third-order valence-electron chi connectivity index (χ3n) is 3.90. The Labute approximate surface area is 149 Å². The average Bonchev–Trinajstić information content (AvgIpc) is 2.55. The van der Waals surface area contributed by atoms with Crippen LogP contribution >= 0.6 is 15.9 Å². The van der Waals surface area contributed by atoms with E-state index in [1.807, 2.05) is 30.0 Å². The maximum Gasteiger partial charge on any atom is 0.226 e. The average molecular weight is 395 g/mol. The third-order valence-corrected chi connectivity index (χ3v) is 4.34. The van der Waals surface area contributed by atoms with Gasteiger partial charge in [0.15, 0.2) is 11.6 Å². The summed E-state index contributed by atoms with van der Waals surface area (Å²) in [4.78, 5) is 16.8. The van der Waals surface area contributed by atoms with E-state index in [1.54, 1.807) is 12.4 Å². The van der Waals surface area contributed by atoms with Gasteiger partial charge < -0.3 is 15.1 Å². The van der Waals surface area contributed by atoms with Crippen molar-refractivity contribution in [1.82, 2.24) is 15.0 Å². The second kappa shape index (κ2) is 7.29. The second-order valence-corrected chi connectivity index (χ2v) is 6.94. The van der Waals surface area contributed by atoms with E-state index in [2.05, 4.69) is 36.2 Å². The van der Waals surface area contributed by atoms with Crippen molar-refractivity contribution in [3.05, 3.63) is 34.8 Å². The zero-order valence-corrected chi connectivity index (χ0v) is 15.3. The molecule has 3 rings (SSSR count). The minimum atomic E-state index is -0.304. The molecule has 24 heavy (non-hydrogen) atoms. The summed E-state index contributed by atoms with van der Waals surface area (Å²) in [7, 11) is 3.81. The Morgan fingerprint density at radius 3 is 2.96 bits per heavy atom. The predicted molar refractivity (Wildman–Crippen MR) is 97.1 cm³/mol. The highest BCUT2D eigenvalue weighted by atomic mass is 79.9. The van der Waals surface area contributed by atoms with Crippen LogP contribution in [-0.4, -0.2) is 48.2 Å². The molecular weight excluding hydrogens is 375 g/mol. The van der Waals surface area contributed by atoms with Crippen LogP contribution in [0.1, 0.15) is 12.8 Å². The van der Waals surface area contributed by atoms with Gasteiger partial charge in [-0.05, 0) is 40.9 Å². The van der Waals surface area contributed by atoms with Gasteiger partial charge in [0.25, 0.3) is 0 Å². The Morgan fingerprint density at radius 2 is 2.21 bits per heavy atom. The van der Waals surface area contributed by atoms with Gasteiger partial charge in [-0.3, -0.25) is 0 Å². The summed E-state index contributed by atoms with van der Waals surface area (Å²) >= 11 is 3.24. The smallest absolute Gasteiger partial charge is 0.226 e. The van der Waals surface area contributed by atoms with Crippen LogP contribution in [0.15, 0.2) is 29.0 Å². The molecule has 128 valence electrons. The second-order valence-electron chi connectivity index (χ2n) is 6.02. The normalized spacial score (nSPS) is 17.7. The van der Waals surface area contributed by atoms with Gasteiger partial charge in [0, 0.05) is 50.1 Å². The first-order valence-corrected chi connectivity index (χ1v) is 8.65. The Balaban J connectivity index is 1.70. The number of nitrogens with zero attached hydrogens (tertiary/aromatic N) is 5. The molecule has 1 unspecified atom stereocenters. The molecule has 0 spiro atoms. The number of rotatable bonds is 4. The summed E-state index contributed by atoms with van der Waals surface area (Å²) in [5.74, 6) is 1.54. The van der Waals surface area contributed by atoms with Crippen molar-refractivity contribution in [2.24, 2.45) is 0 Å². The van der Waals surface area contributed by atoms with Crippen molar-refractivity contribution < 1.29 is 4.39 Å². The van der Waals surface area contributed by atoms with Crippen LogP contribution in [0.4, 0.5) is 22.0 Å². The number of piperidine rings is 1. The van der Waals surface area contributed by atoms with Crippen molar-refractivity contribution >= 4 is 33.5 Å². The minimum absolute atomic E-state index is 0.188. The molecule has 0 saturated carbocycles. The van der Waals surface area contributed by atoms with E-state index in [-0.39, 0.29) is 11.9 Å². The highest BCUT2D eigenvalue weighted by Crippen LogP contribution is 2.24. The molecule has 3 heterocycles. The molecule has 1 N–H and O–H groups in total. The first-order valence-electron chi connectivity index (χ1n) is 7.86. The van der Waals surface area contributed by atoms with Gasteiger partial charge in [0.2, 0.25) is 5.95 Å². The van der Waals surface area contributed by atoms with Gasteiger partial charge in [-0.25, -0.2) is 14.4 Å². The molecule has 1 aliphatic rings. The molecule has 0 amide bonds. The van der Waals surface area contributed by atoms with Gasteiger partial charge >= 0.3 is 0 Å². The van der Waals surface area contributed by atoms with Gasteiger partial charge in [-0.15, -0.1) is 0 Å². The Kier molecular flexibility index (Phi) is 5.13. The highest BCUT2D eigenvalue weighted by molar-refractivity contribution is 9.10. The number of aromatic nitrogens is 3. The molecule has 1 aliphatic heterocycles. The summed E-state index contributed by atoms with van der Waals surface area (Å²) in [5, 5.41) is 3.43.